The molecule has 30 heavy (non-hydrogen) atoms. The highest BCUT2D eigenvalue weighted by atomic mass is 16.5. The molecule has 0 saturated heterocycles. The molecule has 0 amide bonds. The monoisotopic (exact) mass is 406 g/mol. The Balaban J connectivity index is 1.96. The number of hydrogen-bond donors (Lipinski definition) is 0. The second-order valence-corrected chi connectivity index (χ2v) is 10.4. The van der Waals surface area contributed by atoms with E-state index in [4.69, 9.17) is 9.98 Å². The number of aliphatic imine (C=N–C) groups is 2. The molecule has 0 fully saturated rings. The van der Waals surface area contributed by atoms with Gasteiger partial charge in [-0.1, -0.05) is 40.2 Å². The van der Waals surface area contributed by atoms with Crippen LogP contribution in [0.15, 0.2) is 46.4 Å². The van der Waals surface area contributed by atoms with E-state index in [1.54, 1.807) is 0 Å². The van der Waals surface area contributed by atoms with E-state index in [1.807, 2.05) is 91.8 Å². The van der Waals surface area contributed by atoms with Crippen molar-refractivity contribution in [1.82, 2.24) is 5.06 Å². The van der Waals surface area contributed by atoms with Crippen LogP contribution >= 0.6 is 0 Å². The molecule has 2 aliphatic heterocycles. The van der Waals surface area contributed by atoms with Gasteiger partial charge in [-0.05, 0) is 77.3 Å². The summed E-state index contributed by atoms with van der Waals surface area (Å²) in [4.78, 5) is 22.9. The van der Waals surface area contributed by atoms with E-state index in [2.05, 4.69) is 0 Å². The van der Waals surface area contributed by atoms with Crippen LogP contribution in [-0.4, -0.2) is 43.7 Å². The molecule has 0 spiro atoms. The Morgan fingerprint density at radius 3 is 1.83 bits per heavy atom. The fourth-order valence-electron chi connectivity index (χ4n) is 3.95. The first kappa shape index (κ1) is 20.7. The maximum atomic E-state index is 13.2. The van der Waals surface area contributed by atoms with Crippen molar-refractivity contribution in [2.45, 2.75) is 77.5 Å². The summed E-state index contributed by atoms with van der Waals surface area (Å²) in [6.45, 7) is 15.5. The molecule has 0 N–H and O–H groups in total. The highest BCUT2D eigenvalue weighted by Crippen LogP contribution is 2.44. The second-order valence-electron chi connectivity index (χ2n) is 10.4. The number of hydroxylamine groups is 2. The molecule has 6 nitrogen and oxygen atoms in total. The lowest BCUT2D eigenvalue weighted by atomic mass is 9.84. The smallest absolute Gasteiger partial charge is 0.365 e. The molecule has 0 aromatic heterocycles. The summed E-state index contributed by atoms with van der Waals surface area (Å²) in [6.07, 6.45) is 0. The van der Waals surface area contributed by atoms with Crippen molar-refractivity contribution in [2.24, 2.45) is 9.98 Å². The molecule has 6 heteroatoms. The summed E-state index contributed by atoms with van der Waals surface area (Å²) < 4.78 is 1.01. The van der Waals surface area contributed by atoms with Gasteiger partial charge in [-0.3, -0.25) is 4.99 Å². The van der Waals surface area contributed by atoms with E-state index in [0.717, 1.165) is 32.1 Å². The van der Waals surface area contributed by atoms with E-state index in [1.165, 1.54) is 0 Å². The first-order chi connectivity index (χ1) is 13.7. The number of nitrogens with zero attached hydrogens (tertiary/aromatic N) is 4. The van der Waals surface area contributed by atoms with Crippen LogP contribution in [0.2, 0.25) is 0 Å². The molecule has 0 bridgehead atoms. The topological polar surface area (TPSA) is 71.1 Å². The minimum Gasteiger partial charge on any atom is -0.757 e. The van der Waals surface area contributed by atoms with Crippen molar-refractivity contribution in [2.75, 3.05) is 0 Å². The zero-order valence-electron chi connectivity index (χ0n) is 19.1. The van der Waals surface area contributed by atoms with Gasteiger partial charge in [0.2, 0.25) is 0 Å². The third-order valence-electron chi connectivity index (χ3n) is 7.55. The molecule has 0 aromatic carbocycles. The molecular weight excluding hydrogens is 376 g/mol. The van der Waals surface area contributed by atoms with Gasteiger partial charge in [0, 0.05) is 11.1 Å². The van der Waals surface area contributed by atoms with Crippen molar-refractivity contribution < 1.29 is 4.76 Å². The lowest BCUT2D eigenvalue weighted by Gasteiger charge is -2.45. The average molecular weight is 407 g/mol. The summed E-state index contributed by atoms with van der Waals surface area (Å²) >= 11 is 0. The first-order valence-electron chi connectivity index (χ1n) is 10.4. The van der Waals surface area contributed by atoms with E-state index < -0.39 is 22.2 Å². The second kappa shape index (κ2) is 5.97. The van der Waals surface area contributed by atoms with Gasteiger partial charge < -0.3 is 10.3 Å². The lowest BCUT2D eigenvalue weighted by Crippen LogP contribution is -2.50. The molecule has 2 aliphatic carbocycles. The summed E-state index contributed by atoms with van der Waals surface area (Å²) in [5, 5.41) is 14.3. The van der Waals surface area contributed by atoms with Gasteiger partial charge in [0.15, 0.2) is 11.1 Å². The number of hydrogen-bond acceptors (Lipinski definition) is 5. The molecular formula is C24H30N4O2. The van der Waals surface area contributed by atoms with Crippen molar-refractivity contribution in [3.05, 3.63) is 57.6 Å². The molecule has 0 radical (unpaired) electrons. The van der Waals surface area contributed by atoms with Crippen molar-refractivity contribution in [3.8, 4) is 11.1 Å². The minimum absolute atomic E-state index is 0.405. The Morgan fingerprint density at radius 2 is 1.37 bits per heavy atom. The van der Waals surface area contributed by atoms with Crippen LogP contribution in [0.5, 0.6) is 0 Å². The third kappa shape index (κ3) is 2.52. The van der Waals surface area contributed by atoms with Crippen LogP contribution in [-0.2, 0) is 0 Å². The SMILES string of the molecule is CC1(C)N=C(c2cc(C3=NC(C)(C)C(C)(C)[N+]3=O)c3cccccc2-3)N([O-])C1(C)C. The molecule has 0 unspecified atom stereocenters. The minimum atomic E-state index is -0.678. The molecule has 158 valence electrons. The Labute approximate surface area is 178 Å². The Kier molecular flexibility index (Phi) is 4.11. The van der Waals surface area contributed by atoms with E-state index >= 15 is 0 Å². The number of fused-ring (bicyclic) bond motifs is 1. The Bertz CT molecular complexity index is 1090. The molecule has 2 heterocycles. The van der Waals surface area contributed by atoms with Crippen LogP contribution in [0.25, 0.3) is 11.1 Å². The van der Waals surface area contributed by atoms with Crippen molar-refractivity contribution >= 4 is 11.7 Å². The first-order valence-corrected chi connectivity index (χ1v) is 10.4. The fraction of sp³-hybridized carbons (Fsp3) is 0.500. The van der Waals surface area contributed by atoms with E-state index in [9.17, 15) is 10.1 Å². The van der Waals surface area contributed by atoms with Crippen molar-refractivity contribution in [1.29, 1.82) is 0 Å². The Hall–Kier alpha value is -2.60. The van der Waals surface area contributed by atoms with Gasteiger partial charge >= 0.3 is 5.84 Å². The van der Waals surface area contributed by atoms with Crippen molar-refractivity contribution in [3.63, 3.8) is 0 Å². The zero-order chi connectivity index (χ0) is 22.3. The van der Waals surface area contributed by atoms with Gasteiger partial charge in [-0.25, -0.2) is 0 Å². The maximum absolute atomic E-state index is 13.2. The zero-order valence-corrected chi connectivity index (χ0v) is 19.1. The normalized spacial score (nSPS) is 23.6. The molecule has 0 aromatic rings. The maximum Gasteiger partial charge on any atom is 0.365 e. The lowest BCUT2D eigenvalue weighted by molar-refractivity contribution is -0.514. The standard InChI is InChI=1S/C24H30N4O2/c1-21(2)23(5,6)27(29)19(25-21)17-14-18(16-13-11-9-10-12-15(16)17)20-26-22(3,4)24(7,8)28(20)30/h9-14H,1-8H3. The highest BCUT2D eigenvalue weighted by Gasteiger charge is 2.59. The van der Waals surface area contributed by atoms with Gasteiger partial charge in [0.1, 0.15) is 5.84 Å². The van der Waals surface area contributed by atoms with E-state index in [0.29, 0.717) is 11.7 Å². The van der Waals surface area contributed by atoms with Gasteiger partial charge in [-0.15, -0.1) is 0 Å². The van der Waals surface area contributed by atoms with Crippen LogP contribution in [0, 0.1) is 10.1 Å². The quantitative estimate of drug-likeness (QED) is 0.659. The van der Waals surface area contributed by atoms with Crippen LogP contribution in [0.1, 0.15) is 66.5 Å². The molecule has 0 saturated carbocycles. The van der Waals surface area contributed by atoms with Crippen LogP contribution < -0.4 is 0 Å². The summed E-state index contributed by atoms with van der Waals surface area (Å²) in [6, 6.07) is 11.7. The largest absolute Gasteiger partial charge is 0.757 e. The van der Waals surface area contributed by atoms with Crippen LogP contribution in [0.4, 0.5) is 0 Å². The average Bonchev–Trinajstić information content (AvgIpc) is 2.99. The molecule has 4 aliphatic rings. The predicted octanol–water partition coefficient (Wildman–Crippen LogP) is 5.00. The summed E-state index contributed by atoms with van der Waals surface area (Å²) in [5.74, 6) is 0.809. The van der Waals surface area contributed by atoms with Crippen LogP contribution in [0.3, 0.4) is 0 Å². The number of nitroso groups, excluding NO2 is 1. The summed E-state index contributed by atoms with van der Waals surface area (Å²) in [5.41, 5.74) is 0.828. The Morgan fingerprint density at radius 1 is 0.800 bits per heavy atom. The highest BCUT2D eigenvalue weighted by molar-refractivity contribution is 6.13. The van der Waals surface area contributed by atoms with E-state index in [-0.39, 0.29) is 0 Å². The summed E-state index contributed by atoms with van der Waals surface area (Å²) in [7, 11) is 0. The van der Waals surface area contributed by atoms with Gasteiger partial charge in [0.05, 0.1) is 11.1 Å². The fourth-order valence-corrected chi connectivity index (χ4v) is 3.95. The number of rotatable bonds is 2. The van der Waals surface area contributed by atoms with Gasteiger partial charge in [0.25, 0.3) is 0 Å². The molecule has 0 atom stereocenters. The number of amidine groups is 2. The van der Waals surface area contributed by atoms with Gasteiger partial charge in [-0.2, -0.15) is 0 Å². The molecule has 4 rings (SSSR count). The predicted molar refractivity (Wildman–Crippen MR) is 121 cm³/mol. The third-order valence-corrected chi connectivity index (χ3v) is 7.55.